The molecular weight excluding hydrogens is 354 g/mol. The third-order valence-electron chi connectivity index (χ3n) is 4.27. The first kappa shape index (κ1) is 17.6. The van der Waals surface area contributed by atoms with E-state index in [4.69, 9.17) is 4.42 Å². The summed E-state index contributed by atoms with van der Waals surface area (Å²) in [7, 11) is 0. The fraction of sp³-hybridized carbons (Fsp3) is 0.0909. The van der Waals surface area contributed by atoms with Gasteiger partial charge in [-0.3, -0.25) is 14.6 Å². The molecular formula is C22H17N3O3. The standard InChI is InChI=1S/C22H17N3O3/c26-19(15-4-2-1-3-5-15)8-9-21(27)24-17-6-7-18-20(14-17)28-22(25-18)16-10-12-23-13-11-16/h1-7,10-14H,8-9H2,(H,24,27). The van der Waals surface area contributed by atoms with Crippen LogP contribution in [0.1, 0.15) is 23.2 Å². The highest BCUT2D eigenvalue weighted by Crippen LogP contribution is 2.26. The van der Waals surface area contributed by atoms with Crippen molar-refractivity contribution in [1.82, 2.24) is 9.97 Å². The van der Waals surface area contributed by atoms with Crippen LogP contribution in [0.3, 0.4) is 0 Å². The lowest BCUT2D eigenvalue weighted by Crippen LogP contribution is -2.13. The molecule has 4 aromatic rings. The first-order valence-corrected chi connectivity index (χ1v) is 8.88. The summed E-state index contributed by atoms with van der Waals surface area (Å²) in [5.41, 5.74) is 3.31. The zero-order chi connectivity index (χ0) is 19.3. The molecule has 2 aromatic heterocycles. The first-order valence-electron chi connectivity index (χ1n) is 8.88. The molecule has 0 bridgehead atoms. The van der Waals surface area contributed by atoms with E-state index in [2.05, 4.69) is 15.3 Å². The molecule has 6 nitrogen and oxygen atoms in total. The van der Waals surface area contributed by atoms with Crippen LogP contribution in [-0.2, 0) is 4.79 Å². The van der Waals surface area contributed by atoms with Crippen LogP contribution in [-0.4, -0.2) is 21.7 Å². The number of hydrogen-bond donors (Lipinski definition) is 1. The summed E-state index contributed by atoms with van der Waals surface area (Å²) in [5, 5.41) is 2.80. The van der Waals surface area contributed by atoms with Gasteiger partial charge in [-0.05, 0) is 24.3 Å². The summed E-state index contributed by atoms with van der Waals surface area (Å²) in [6, 6.07) is 17.9. The van der Waals surface area contributed by atoms with E-state index in [1.54, 1.807) is 54.9 Å². The van der Waals surface area contributed by atoms with Crippen LogP contribution in [0.2, 0.25) is 0 Å². The zero-order valence-electron chi connectivity index (χ0n) is 15.0. The van der Waals surface area contributed by atoms with E-state index in [1.165, 1.54) is 0 Å². The predicted octanol–water partition coefficient (Wildman–Crippen LogP) is 4.49. The second-order valence-corrected chi connectivity index (χ2v) is 6.27. The molecule has 0 aliphatic rings. The number of fused-ring (bicyclic) bond motifs is 1. The third-order valence-corrected chi connectivity index (χ3v) is 4.27. The molecule has 1 amide bonds. The molecule has 2 heterocycles. The van der Waals surface area contributed by atoms with Crippen molar-refractivity contribution >= 4 is 28.5 Å². The lowest BCUT2D eigenvalue weighted by molar-refractivity contribution is -0.116. The van der Waals surface area contributed by atoms with E-state index < -0.39 is 0 Å². The number of anilines is 1. The average Bonchev–Trinajstić information content (AvgIpc) is 3.17. The van der Waals surface area contributed by atoms with Gasteiger partial charge in [-0.2, -0.15) is 0 Å². The number of nitrogens with one attached hydrogen (secondary N) is 1. The van der Waals surface area contributed by atoms with Crippen molar-refractivity contribution in [3.05, 3.63) is 78.6 Å². The van der Waals surface area contributed by atoms with Crippen molar-refractivity contribution in [2.75, 3.05) is 5.32 Å². The highest BCUT2D eigenvalue weighted by molar-refractivity contribution is 6.00. The van der Waals surface area contributed by atoms with E-state index in [9.17, 15) is 9.59 Å². The van der Waals surface area contributed by atoms with Crippen molar-refractivity contribution in [2.45, 2.75) is 12.8 Å². The lowest BCUT2D eigenvalue weighted by Gasteiger charge is -2.05. The van der Waals surface area contributed by atoms with Crippen molar-refractivity contribution in [1.29, 1.82) is 0 Å². The normalized spacial score (nSPS) is 10.7. The van der Waals surface area contributed by atoms with Gasteiger partial charge in [0.2, 0.25) is 11.8 Å². The minimum Gasteiger partial charge on any atom is -0.436 e. The Labute approximate surface area is 161 Å². The Kier molecular flexibility index (Phi) is 4.93. The van der Waals surface area contributed by atoms with Crippen LogP contribution < -0.4 is 5.32 Å². The lowest BCUT2D eigenvalue weighted by atomic mass is 10.1. The maximum absolute atomic E-state index is 12.2. The number of carbonyl (C=O) groups excluding carboxylic acids is 2. The topological polar surface area (TPSA) is 85.1 Å². The van der Waals surface area contributed by atoms with Crippen LogP contribution in [0.5, 0.6) is 0 Å². The molecule has 4 rings (SSSR count). The highest BCUT2D eigenvalue weighted by atomic mass is 16.3. The fourth-order valence-corrected chi connectivity index (χ4v) is 2.84. The van der Waals surface area contributed by atoms with Crippen LogP contribution in [0.4, 0.5) is 5.69 Å². The summed E-state index contributed by atoms with van der Waals surface area (Å²) in [6.45, 7) is 0. The molecule has 0 saturated carbocycles. The summed E-state index contributed by atoms with van der Waals surface area (Å²) < 4.78 is 5.79. The van der Waals surface area contributed by atoms with E-state index in [1.807, 2.05) is 18.2 Å². The maximum Gasteiger partial charge on any atom is 0.227 e. The monoisotopic (exact) mass is 371 g/mol. The Morgan fingerprint density at radius 1 is 0.929 bits per heavy atom. The molecule has 0 fully saturated rings. The molecule has 0 aliphatic heterocycles. The minimum atomic E-state index is -0.225. The summed E-state index contributed by atoms with van der Waals surface area (Å²) in [5.74, 6) is 0.218. The molecule has 0 atom stereocenters. The van der Waals surface area contributed by atoms with Gasteiger partial charge >= 0.3 is 0 Å². The van der Waals surface area contributed by atoms with E-state index in [0.29, 0.717) is 28.2 Å². The number of hydrogen-bond acceptors (Lipinski definition) is 5. The molecule has 28 heavy (non-hydrogen) atoms. The number of aromatic nitrogens is 2. The van der Waals surface area contributed by atoms with Crippen molar-refractivity contribution in [3.8, 4) is 11.5 Å². The van der Waals surface area contributed by atoms with Crippen molar-refractivity contribution in [3.63, 3.8) is 0 Å². The number of ketones is 1. The second-order valence-electron chi connectivity index (χ2n) is 6.27. The number of nitrogens with zero attached hydrogens (tertiary/aromatic N) is 2. The average molecular weight is 371 g/mol. The Morgan fingerprint density at radius 3 is 2.50 bits per heavy atom. The van der Waals surface area contributed by atoms with Gasteiger partial charge < -0.3 is 9.73 Å². The molecule has 2 aromatic carbocycles. The van der Waals surface area contributed by atoms with E-state index in [-0.39, 0.29) is 24.5 Å². The molecule has 6 heteroatoms. The van der Waals surface area contributed by atoms with Crippen LogP contribution >= 0.6 is 0 Å². The molecule has 0 spiro atoms. The third kappa shape index (κ3) is 3.96. The maximum atomic E-state index is 12.2. The number of rotatable bonds is 6. The Bertz CT molecular complexity index is 1120. The Morgan fingerprint density at radius 2 is 1.71 bits per heavy atom. The van der Waals surface area contributed by atoms with Crippen LogP contribution in [0.15, 0.2) is 77.5 Å². The van der Waals surface area contributed by atoms with Gasteiger partial charge in [0.05, 0.1) is 0 Å². The van der Waals surface area contributed by atoms with Gasteiger partial charge in [0.15, 0.2) is 11.4 Å². The number of carbonyl (C=O) groups is 2. The van der Waals surface area contributed by atoms with Crippen molar-refractivity contribution < 1.29 is 14.0 Å². The molecule has 0 unspecified atom stereocenters. The molecule has 138 valence electrons. The van der Waals surface area contributed by atoms with Gasteiger partial charge in [0.25, 0.3) is 0 Å². The minimum absolute atomic E-state index is 0.0524. The first-order chi connectivity index (χ1) is 13.7. The number of pyridine rings is 1. The number of amides is 1. The van der Waals surface area contributed by atoms with E-state index in [0.717, 1.165) is 5.56 Å². The molecule has 0 radical (unpaired) electrons. The SMILES string of the molecule is O=C(CCC(=O)c1ccccc1)Nc1ccc2nc(-c3ccncc3)oc2c1. The number of Topliss-reactive ketones (excluding diaryl/α,β-unsaturated/α-hetero) is 1. The summed E-state index contributed by atoms with van der Waals surface area (Å²) in [4.78, 5) is 32.7. The van der Waals surface area contributed by atoms with Gasteiger partial charge in [0, 0.05) is 48.1 Å². The molecule has 0 aliphatic carbocycles. The molecule has 0 saturated heterocycles. The fourth-order valence-electron chi connectivity index (χ4n) is 2.84. The largest absolute Gasteiger partial charge is 0.436 e. The quantitative estimate of drug-likeness (QED) is 0.505. The van der Waals surface area contributed by atoms with Crippen LogP contribution in [0, 0.1) is 0 Å². The molecule has 1 N–H and O–H groups in total. The summed E-state index contributed by atoms with van der Waals surface area (Å²) >= 11 is 0. The van der Waals surface area contributed by atoms with Gasteiger partial charge in [0.1, 0.15) is 5.52 Å². The van der Waals surface area contributed by atoms with Gasteiger partial charge in [-0.25, -0.2) is 4.98 Å². The second kappa shape index (κ2) is 7.84. The highest BCUT2D eigenvalue weighted by Gasteiger charge is 2.12. The summed E-state index contributed by atoms with van der Waals surface area (Å²) in [6.07, 6.45) is 3.62. The smallest absolute Gasteiger partial charge is 0.227 e. The Balaban J connectivity index is 1.41. The predicted molar refractivity (Wildman–Crippen MR) is 106 cm³/mol. The van der Waals surface area contributed by atoms with Gasteiger partial charge in [-0.15, -0.1) is 0 Å². The van der Waals surface area contributed by atoms with E-state index >= 15 is 0 Å². The number of oxazole rings is 1. The van der Waals surface area contributed by atoms with Crippen molar-refractivity contribution in [2.24, 2.45) is 0 Å². The van der Waals surface area contributed by atoms with Gasteiger partial charge in [-0.1, -0.05) is 30.3 Å². The Hall–Kier alpha value is -3.80. The number of benzene rings is 2. The van der Waals surface area contributed by atoms with Crippen LogP contribution in [0.25, 0.3) is 22.6 Å². The zero-order valence-corrected chi connectivity index (χ0v) is 15.0.